The second-order valence-electron chi connectivity index (χ2n) is 5.03. The van der Waals surface area contributed by atoms with Crippen LogP contribution in [0.5, 0.6) is 0 Å². The molecule has 0 spiro atoms. The lowest BCUT2D eigenvalue weighted by Crippen LogP contribution is -2.26. The molecule has 4 nitrogen and oxygen atoms in total. The predicted molar refractivity (Wildman–Crippen MR) is 74.8 cm³/mol. The molecule has 0 saturated carbocycles. The Hall–Kier alpha value is -1.58. The SMILES string of the molecule is CCC(Nc1ccnc(C(=O)N(C)C)c1)C(C)C. The van der Waals surface area contributed by atoms with Crippen LogP contribution in [0.15, 0.2) is 18.3 Å². The lowest BCUT2D eigenvalue weighted by molar-refractivity contribution is 0.0822. The number of hydrogen-bond acceptors (Lipinski definition) is 3. The van der Waals surface area contributed by atoms with Gasteiger partial charge in [-0.05, 0) is 24.5 Å². The Morgan fingerprint density at radius 2 is 2.11 bits per heavy atom. The summed E-state index contributed by atoms with van der Waals surface area (Å²) in [6.07, 6.45) is 2.73. The third-order valence-electron chi connectivity index (χ3n) is 2.98. The van der Waals surface area contributed by atoms with Crippen molar-refractivity contribution in [2.45, 2.75) is 33.2 Å². The minimum absolute atomic E-state index is 0.0729. The lowest BCUT2D eigenvalue weighted by atomic mass is 10.0. The fourth-order valence-corrected chi connectivity index (χ4v) is 1.82. The van der Waals surface area contributed by atoms with Gasteiger partial charge < -0.3 is 10.2 Å². The summed E-state index contributed by atoms with van der Waals surface area (Å²) in [4.78, 5) is 17.5. The molecule has 4 heteroatoms. The van der Waals surface area contributed by atoms with Crippen LogP contribution in [-0.2, 0) is 0 Å². The van der Waals surface area contributed by atoms with E-state index in [4.69, 9.17) is 0 Å². The van der Waals surface area contributed by atoms with Crippen LogP contribution in [0.1, 0.15) is 37.7 Å². The van der Waals surface area contributed by atoms with Gasteiger partial charge in [0, 0.05) is 32.0 Å². The van der Waals surface area contributed by atoms with Gasteiger partial charge in [0.05, 0.1) is 0 Å². The summed E-state index contributed by atoms with van der Waals surface area (Å²) >= 11 is 0. The first kappa shape index (κ1) is 14.5. The molecule has 0 radical (unpaired) electrons. The highest BCUT2D eigenvalue weighted by molar-refractivity contribution is 5.92. The number of nitrogens with zero attached hydrogens (tertiary/aromatic N) is 2. The average molecular weight is 249 g/mol. The smallest absolute Gasteiger partial charge is 0.272 e. The van der Waals surface area contributed by atoms with Crippen LogP contribution in [0.2, 0.25) is 0 Å². The van der Waals surface area contributed by atoms with E-state index < -0.39 is 0 Å². The fourth-order valence-electron chi connectivity index (χ4n) is 1.82. The maximum absolute atomic E-state index is 11.8. The van der Waals surface area contributed by atoms with Crippen LogP contribution in [0.4, 0.5) is 5.69 Å². The molecule has 0 aromatic carbocycles. The van der Waals surface area contributed by atoms with E-state index in [1.54, 1.807) is 20.3 Å². The van der Waals surface area contributed by atoms with Crippen molar-refractivity contribution in [2.75, 3.05) is 19.4 Å². The number of anilines is 1. The number of aromatic nitrogens is 1. The van der Waals surface area contributed by atoms with Gasteiger partial charge in [-0.25, -0.2) is 0 Å². The van der Waals surface area contributed by atoms with Crippen LogP contribution in [0, 0.1) is 5.92 Å². The van der Waals surface area contributed by atoms with Crippen LogP contribution < -0.4 is 5.32 Å². The molecule has 1 atom stereocenters. The Bertz CT molecular complexity index is 402. The molecule has 1 unspecified atom stereocenters. The van der Waals surface area contributed by atoms with E-state index in [0.717, 1.165) is 12.1 Å². The number of carbonyl (C=O) groups is 1. The summed E-state index contributed by atoms with van der Waals surface area (Å²) in [5.41, 5.74) is 1.43. The van der Waals surface area contributed by atoms with Gasteiger partial charge in [0.25, 0.3) is 5.91 Å². The third kappa shape index (κ3) is 3.72. The van der Waals surface area contributed by atoms with Crippen molar-refractivity contribution < 1.29 is 4.79 Å². The minimum atomic E-state index is -0.0729. The number of hydrogen-bond donors (Lipinski definition) is 1. The van der Waals surface area contributed by atoms with E-state index in [9.17, 15) is 4.79 Å². The lowest BCUT2D eigenvalue weighted by Gasteiger charge is -2.22. The normalized spacial score (nSPS) is 12.3. The maximum atomic E-state index is 11.8. The van der Waals surface area contributed by atoms with Gasteiger partial charge in [0.2, 0.25) is 0 Å². The Balaban J connectivity index is 2.85. The Kier molecular flexibility index (Phi) is 5.13. The second kappa shape index (κ2) is 6.38. The van der Waals surface area contributed by atoms with Crippen molar-refractivity contribution >= 4 is 11.6 Å². The van der Waals surface area contributed by atoms with Crippen LogP contribution in [0.25, 0.3) is 0 Å². The monoisotopic (exact) mass is 249 g/mol. The molecule has 1 N–H and O–H groups in total. The van der Waals surface area contributed by atoms with Crippen molar-refractivity contribution in [3.8, 4) is 0 Å². The van der Waals surface area contributed by atoms with Crippen molar-refractivity contribution in [1.82, 2.24) is 9.88 Å². The maximum Gasteiger partial charge on any atom is 0.272 e. The number of carbonyl (C=O) groups excluding carboxylic acids is 1. The zero-order valence-corrected chi connectivity index (χ0v) is 11.9. The summed E-state index contributed by atoms with van der Waals surface area (Å²) in [6, 6.07) is 4.12. The first-order valence-corrected chi connectivity index (χ1v) is 6.40. The summed E-state index contributed by atoms with van der Waals surface area (Å²) in [5, 5.41) is 3.45. The Morgan fingerprint density at radius 1 is 1.44 bits per heavy atom. The molecule has 100 valence electrons. The van der Waals surface area contributed by atoms with E-state index >= 15 is 0 Å². The second-order valence-corrected chi connectivity index (χ2v) is 5.03. The molecule has 18 heavy (non-hydrogen) atoms. The van der Waals surface area contributed by atoms with Crippen LogP contribution in [0.3, 0.4) is 0 Å². The number of nitrogens with one attached hydrogen (secondary N) is 1. The highest BCUT2D eigenvalue weighted by atomic mass is 16.2. The molecular weight excluding hydrogens is 226 g/mol. The summed E-state index contributed by atoms with van der Waals surface area (Å²) in [5.74, 6) is 0.479. The van der Waals surface area contributed by atoms with Gasteiger partial charge in [-0.15, -0.1) is 0 Å². The van der Waals surface area contributed by atoms with Crippen molar-refractivity contribution in [1.29, 1.82) is 0 Å². The van der Waals surface area contributed by atoms with Crippen LogP contribution >= 0.6 is 0 Å². The van der Waals surface area contributed by atoms with E-state index in [1.165, 1.54) is 4.90 Å². The topological polar surface area (TPSA) is 45.2 Å². The Labute approximate surface area is 109 Å². The van der Waals surface area contributed by atoms with Gasteiger partial charge in [-0.2, -0.15) is 0 Å². The first-order chi connectivity index (χ1) is 8.45. The largest absolute Gasteiger partial charge is 0.382 e. The van der Waals surface area contributed by atoms with Gasteiger partial charge >= 0.3 is 0 Å². The van der Waals surface area contributed by atoms with Crippen LogP contribution in [-0.4, -0.2) is 35.9 Å². The van der Waals surface area contributed by atoms with Gasteiger partial charge in [-0.1, -0.05) is 20.8 Å². The average Bonchev–Trinajstić information content (AvgIpc) is 2.34. The zero-order chi connectivity index (χ0) is 13.7. The molecule has 1 rings (SSSR count). The molecule has 0 fully saturated rings. The Morgan fingerprint density at radius 3 is 2.61 bits per heavy atom. The van der Waals surface area contributed by atoms with Gasteiger partial charge in [0.1, 0.15) is 5.69 Å². The van der Waals surface area contributed by atoms with Crippen molar-refractivity contribution in [3.05, 3.63) is 24.0 Å². The van der Waals surface area contributed by atoms with E-state index in [0.29, 0.717) is 17.7 Å². The van der Waals surface area contributed by atoms with Crippen molar-refractivity contribution in [2.24, 2.45) is 5.92 Å². The summed E-state index contributed by atoms with van der Waals surface area (Å²) < 4.78 is 0. The quantitative estimate of drug-likeness (QED) is 0.872. The van der Waals surface area contributed by atoms with Gasteiger partial charge in [-0.3, -0.25) is 9.78 Å². The van der Waals surface area contributed by atoms with E-state index in [-0.39, 0.29) is 5.91 Å². The molecule has 1 heterocycles. The molecule has 1 aromatic rings. The molecular formula is C14H23N3O. The zero-order valence-electron chi connectivity index (χ0n) is 11.9. The molecule has 1 amide bonds. The molecule has 0 aliphatic rings. The van der Waals surface area contributed by atoms with E-state index in [1.807, 2.05) is 12.1 Å². The summed E-state index contributed by atoms with van der Waals surface area (Å²) in [6.45, 7) is 6.53. The predicted octanol–water partition coefficient (Wildman–Crippen LogP) is 2.63. The first-order valence-electron chi connectivity index (χ1n) is 6.40. The number of rotatable bonds is 5. The van der Waals surface area contributed by atoms with E-state index in [2.05, 4.69) is 31.1 Å². The fraction of sp³-hybridized carbons (Fsp3) is 0.571. The highest BCUT2D eigenvalue weighted by Crippen LogP contribution is 2.15. The molecule has 1 aromatic heterocycles. The molecule has 0 aliphatic heterocycles. The minimum Gasteiger partial charge on any atom is -0.382 e. The number of amides is 1. The third-order valence-corrected chi connectivity index (χ3v) is 2.98. The summed E-state index contributed by atoms with van der Waals surface area (Å²) in [7, 11) is 3.46. The highest BCUT2D eigenvalue weighted by Gasteiger charge is 2.13. The van der Waals surface area contributed by atoms with Gasteiger partial charge in [0.15, 0.2) is 0 Å². The molecule has 0 bridgehead atoms. The number of pyridine rings is 1. The molecule has 0 aliphatic carbocycles. The van der Waals surface area contributed by atoms with Crippen molar-refractivity contribution in [3.63, 3.8) is 0 Å². The molecule has 0 saturated heterocycles. The standard InChI is InChI=1S/C14H23N3O/c1-6-12(10(2)3)16-11-7-8-15-13(9-11)14(18)17(4)5/h7-10,12H,6H2,1-5H3,(H,15,16).